The lowest BCUT2D eigenvalue weighted by atomic mass is 9.78. The van der Waals surface area contributed by atoms with Crippen LogP contribution in [0.1, 0.15) is 21.5 Å². The highest BCUT2D eigenvalue weighted by molar-refractivity contribution is 6.61. The van der Waals surface area contributed by atoms with Crippen LogP contribution in [-0.4, -0.2) is 25.0 Å². The van der Waals surface area contributed by atoms with E-state index in [-0.39, 0.29) is 12.2 Å². The quantitative estimate of drug-likeness (QED) is 0.679. The summed E-state index contributed by atoms with van der Waals surface area (Å²) in [4.78, 5) is 12.3. The second-order valence-electron chi connectivity index (χ2n) is 5.03. The maximum Gasteiger partial charge on any atom is 0.491 e. The Labute approximate surface area is 123 Å². The number of benzene rings is 2. The molecule has 1 aliphatic heterocycles. The van der Waals surface area contributed by atoms with Gasteiger partial charge < -0.3 is 14.4 Å². The molecule has 1 aliphatic rings. The zero-order valence-corrected chi connectivity index (χ0v) is 11.7. The maximum atomic E-state index is 12.3. The van der Waals surface area contributed by atoms with Gasteiger partial charge in [-0.2, -0.15) is 0 Å². The molecular weight excluding hydrogens is 267 g/mol. The lowest BCUT2D eigenvalue weighted by molar-refractivity contribution is 0.0992. The number of ether oxygens (including phenoxy) is 1. The van der Waals surface area contributed by atoms with E-state index in [1.54, 1.807) is 31.4 Å². The minimum Gasteiger partial charge on any atom is -0.497 e. The highest BCUT2D eigenvalue weighted by Crippen LogP contribution is 2.16. The van der Waals surface area contributed by atoms with Gasteiger partial charge in [0.25, 0.3) is 0 Å². The number of ketones is 1. The molecule has 0 saturated heterocycles. The molecule has 0 spiro atoms. The third kappa shape index (κ3) is 2.84. The van der Waals surface area contributed by atoms with Crippen molar-refractivity contribution in [1.82, 2.24) is 0 Å². The number of Topliss-reactive ketones (excluding diaryl/α,β-unsaturated/α-hetero) is 1. The number of hydrogen-bond donors (Lipinski definition) is 1. The second-order valence-corrected chi connectivity index (χ2v) is 5.03. The SMILES string of the molecule is COc1cccc(C(=O)Cc2ccc3c(c2)B(O)OC3)c1. The summed E-state index contributed by atoms with van der Waals surface area (Å²) in [6.45, 7) is 0.417. The first-order chi connectivity index (χ1) is 10.2. The van der Waals surface area contributed by atoms with Crippen molar-refractivity contribution in [2.75, 3.05) is 7.11 Å². The molecule has 1 N–H and O–H groups in total. The summed E-state index contributed by atoms with van der Waals surface area (Å²) in [5, 5.41) is 9.70. The molecule has 0 bridgehead atoms. The van der Waals surface area contributed by atoms with Crippen LogP contribution in [0, 0.1) is 0 Å². The van der Waals surface area contributed by atoms with Crippen LogP contribution in [0.2, 0.25) is 0 Å². The molecule has 2 aromatic carbocycles. The van der Waals surface area contributed by atoms with Crippen molar-refractivity contribution in [3.05, 3.63) is 59.2 Å². The molecule has 0 aliphatic carbocycles. The zero-order valence-electron chi connectivity index (χ0n) is 11.7. The average molecular weight is 282 g/mol. The van der Waals surface area contributed by atoms with E-state index in [1.165, 1.54) is 0 Å². The van der Waals surface area contributed by atoms with Gasteiger partial charge in [0.05, 0.1) is 13.7 Å². The Morgan fingerprint density at radius 2 is 2.19 bits per heavy atom. The molecule has 0 unspecified atom stereocenters. The van der Waals surface area contributed by atoms with E-state index in [4.69, 9.17) is 9.39 Å². The van der Waals surface area contributed by atoms with E-state index in [2.05, 4.69) is 0 Å². The smallest absolute Gasteiger partial charge is 0.491 e. The summed E-state index contributed by atoms with van der Waals surface area (Å²) in [7, 11) is 0.692. The Morgan fingerprint density at radius 3 is 3.00 bits per heavy atom. The molecule has 21 heavy (non-hydrogen) atoms. The van der Waals surface area contributed by atoms with Crippen LogP contribution >= 0.6 is 0 Å². The standard InChI is InChI=1S/C16H15BO4/c1-20-14-4-2-3-12(9-14)16(18)8-11-5-6-13-10-21-17(19)15(13)7-11/h2-7,9,19H,8,10H2,1H3. The predicted octanol–water partition coefficient (Wildman–Crippen LogP) is 1.34. The van der Waals surface area contributed by atoms with E-state index in [1.807, 2.05) is 18.2 Å². The number of carbonyl (C=O) groups is 1. The van der Waals surface area contributed by atoms with E-state index in [0.717, 1.165) is 16.6 Å². The van der Waals surface area contributed by atoms with E-state index in [9.17, 15) is 9.82 Å². The molecule has 0 atom stereocenters. The lowest BCUT2D eigenvalue weighted by Crippen LogP contribution is -2.28. The van der Waals surface area contributed by atoms with Crippen molar-refractivity contribution in [3.8, 4) is 5.75 Å². The molecular formula is C16H15BO4. The lowest BCUT2D eigenvalue weighted by Gasteiger charge is -2.06. The van der Waals surface area contributed by atoms with Crippen molar-refractivity contribution in [2.45, 2.75) is 13.0 Å². The van der Waals surface area contributed by atoms with Gasteiger partial charge in [-0.1, -0.05) is 30.3 Å². The van der Waals surface area contributed by atoms with Crippen molar-refractivity contribution in [3.63, 3.8) is 0 Å². The average Bonchev–Trinajstić information content (AvgIpc) is 2.88. The fourth-order valence-corrected chi connectivity index (χ4v) is 2.46. The van der Waals surface area contributed by atoms with Gasteiger partial charge in [0.1, 0.15) is 5.75 Å². The minimum absolute atomic E-state index is 0.0160. The van der Waals surface area contributed by atoms with Crippen LogP contribution in [0.4, 0.5) is 0 Å². The molecule has 5 heteroatoms. The largest absolute Gasteiger partial charge is 0.497 e. The molecule has 0 radical (unpaired) electrons. The summed E-state index contributed by atoms with van der Waals surface area (Å²) in [6.07, 6.45) is 0.285. The Hall–Kier alpha value is -2.11. The summed E-state index contributed by atoms with van der Waals surface area (Å²) >= 11 is 0. The molecule has 1 heterocycles. The van der Waals surface area contributed by atoms with E-state index in [0.29, 0.717) is 17.9 Å². The number of carbonyl (C=O) groups excluding carboxylic acids is 1. The number of rotatable bonds is 4. The molecule has 0 aromatic heterocycles. The normalized spacial score (nSPS) is 13.1. The predicted molar refractivity (Wildman–Crippen MR) is 79.9 cm³/mol. The zero-order chi connectivity index (χ0) is 14.8. The van der Waals surface area contributed by atoms with Gasteiger partial charge in [0, 0.05) is 12.0 Å². The van der Waals surface area contributed by atoms with Crippen LogP contribution in [0.3, 0.4) is 0 Å². The first kappa shape index (κ1) is 13.9. The number of hydrogen-bond acceptors (Lipinski definition) is 4. The van der Waals surface area contributed by atoms with Crippen LogP contribution in [0.5, 0.6) is 5.75 Å². The van der Waals surface area contributed by atoms with Crippen LogP contribution < -0.4 is 10.2 Å². The Morgan fingerprint density at radius 1 is 1.33 bits per heavy atom. The molecule has 0 saturated carbocycles. The van der Waals surface area contributed by atoms with Gasteiger partial charge in [0.2, 0.25) is 0 Å². The first-order valence-corrected chi connectivity index (χ1v) is 6.76. The fraction of sp³-hybridized carbons (Fsp3) is 0.188. The third-order valence-corrected chi connectivity index (χ3v) is 3.63. The number of methoxy groups -OCH3 is 1. The second kappa shape index (κ2) is 5.72. The van der Waals surface area contributed by atoms with Gasteiger partial charge in [-0.3, -0.25) is 4.79 Å². The van der Waals surface area contributed by atoms with Gasteiger partial charge in [-0.25, -0.2) is 0 Å². The summed E-state index contributed by atoms with van der Waals surface area (Å²) < 4.78 is 10.3. The van der Waals surface area contributed by atoms with Crippen molar-refractivity contribution < 1.29 is 19.2 Å². The van der Waals surface area contributed by atoms with Crippen LogP contribution in [0.25, 0.3) is 0 Å². The van der Waals surface area contributed by atoms with Gasteiger partial charge in [-0.05, 0) is 28.7 Å². The number of fused-ring (bicyclic) bond motifs is 1. The topological polar surface area (TPSA) is 55.8 Å². The monoisotopic (exact) mass is 282 g/mol. The molecule has 4 nitrogen and oxygen atoms in total. The van der Waals surface area contributed by atoms with E-state index >= 15 is 0 Å². The highest BCUT2D eigenvalue weighted by Gasteiger charge is 2.27. The molecule has 106 valence electrons. The first-order valence-electron chi connectivity index (χ1n) is 6.76. The summed E-state index contributed by atoms with van der Waals surface area (Å²) in [5.41, 5.74) is 3.21. The van der Waals surface area contributed by atoms with Crippen LogP contribution in [-0.2, 0) is 17.7 Å². The Bertz CT molecular complexity index is 684. The van der Waals surface area contributed by atoms with Gasteiger partial charge >= 0.3 is 7.12 Å². The van der Waals surface area contributed by atoms with Crippen LogP contribution in [0.15, 0.2) is 42.5 Å². The van der Waals surface area contributed by atoms with Gasteiger partial charge in [-0.15, -0.1) is 0 Å². The van der Waals surface area contributed by atoms with Gasteiger partial charge in [0.15, 0.2) is 5.78 Å². The maximum absolute atomic E-state index is 12.3. The molecule has 0 amide bonds. The Kier molecular flexibility index (Phi) is 3.77. The Balaban J connectivity index is 1.80. The minimum atomic E-state index is -0.883. The fourth-order valence-electron chi connectivity index (χ4n) is 2.46. The molecule has 2 aromatic rings. The summed E-state index contributed by atoms with van der Waals surface area (Å²) in [5.74, 6) is 0.681. The van der Waals surface area contributed by atoms with Crippen molar-refractivity contribution >= 4 is 18.4 Å². The van der Waals surface area contributed by atoms with Crippen molar-refractivity contribution in [2.24, 2.45) is 0 Å². The molecule has 3 rings (SSSR count). The molecule has 0 fully saturated rings. The van der Waals surface area contributed by atoms with E-state index < -0.39 is 7.12 Å². The van der Waals surface area contributed by atoms with Crippen molar-refractivity contribution in [1.29, 1.82) is 0 Å². The third-order valence-electron chi connectivity index (χ3n) is 3.63. The highest BCUT2D eigenvalue weighted by atomic mass is 16.5. The summed E-state index contributed by atoms with van der Waals surface area (Å²) in [6, 6.07) is 12.7.